The molecule has 2 rings (SSSR count). The Balaban J connectivity index is 2.15. The van der Waals surface area contributed by atoms with Crippen molar-refractivity contribution in [3.8, 4) is 0 Å². The lowest BCUT2D eigenvalue weighted by atomic mass is 10.00. The first-order valence-electron chi connectivity index (χ1n) is 5.92. The molecular formula is C13H16BrF2N. The molecule has 1 nitrogen and oxygen atoms in total. The molecule has 17 heavy (non-hydrogen) atoms. The van der Waals surface area contributed by atoms with Crippen molar-refractivity contribution in [2.24, 2.45) is 5.92 Å². The van der Waals surface area contributed by atoms with E-state index in [1.54, 1.807) is 0 Å². The van der Waals surface area contributed by atoms with Gasteiger partial charge in [-0.3, -0.25) is 4.90 Å². The topological polar surface area (TPSA) is 3.24 Å². The maximum Gasteiger partial charge on any atom is 0.137 e. The number of halogens is 3. The van der Waals surface area contributed by atoms with Crippen LogP contribution in [0.5, 0.6) is 0 Å². The monoisotopic (exact) mass is 303 g/mol. The average molecular weight is 304 g/mol. The zero-order valence-corrected chi connectivity index (χ0v) is 11.4. The van der Waals surface area contributed by atoms with E-state index in [0.29, 0.717) is 18.0 Å². The normalized spacial score (nSPS) is 21.8. The van der Waals surface area contributed by atoms with E-state index in [0.717, 1.165) is 25.6 Å². The highest BCUT2D eigenvalue weighted by Crippen LogP contribution is 2.26. The number of hydrogen-bond acceptors (Lipinski definition) is 1. The molecule has 0 saturated carbocycles. The molecule has 1 fully saturated rings. The molecule has 1 aliphatic rings. The molecule has 0 bridgehead atoms. The van der Waals surface area contributed by atoms with E-state index < -0.39 is 5.82 Å². The number of nitrogens with zero attached hydrogens (tertiary/aromatic N) is 1. The summed E-state index contributed by atoms with van der Waals surface area (Å²) in [7, 11) is 0. The predicted octanol–water partition coefficient (Wildman–Crippen LogP) is 3.96. The maximum atomic E-state index is 13.7. The molecule has 0 aromatic heterocycles. The fourth-order valence-corrected chi connectivity index (χ4v) is 2.81. The van der Waals surface area contributed by atoms with Gasteiger partial charge < -0.3 is 0 Å². The van der Waals surface area contributed by atoms with Crippen LogP contribution in [0.2, 0.25) is 0 Å². The van der Waals surface area contributed by atoms with E-state index in [4.69, 9.17) is 0 Å². The van der Waals surface area contributed by atoms with Gasteiger partial charge in [0, 0.05) is 18.7 Å². The molecule has 1 aromatic rings. The standard InChI is InChI=1S/C13H16BrF2N/c1-9-3-2-6-17(7-9)8-10-11(15)4-5-12(16)13(10)14/h4-5,9H,2-3,6-8H2,1H3. The van der Waals surface area contributed by atoms with Gasteiger partial charge in [-0.25, -0.2) is 8.78 Å². The molecule has 4 heteroatoms. The summed E-state index contributed by atoms with van der Waals surface area (Å²) in [5, 5.41) is 0. The molecule has 1 aromatic carbocycles. The fourth-order valence-electron chi connectivity index (χ4n) is 2.37. The van der Waals surface area contributed by atoms with Crippen LogP contribution in [0.25, 0.3) is 0 Å². The van der Waals surface area contributed by atoms with Crippen LogP contribution in [0.3, 0.4) is 0 Å². The van der Waals surface area contributed by atoms with Gasteiger partial charge in [0.1, 0.15) is 11.6 Å². The van der Waals surface area contributed by atoms with Gasteiger partial charge in [-0.15, -0.1) is 0 Å². The summed E-state index contributed by atoms with van der Waals surface area (Å²) in [6, 6.07) is 2.35. The van der Waals surface area contributed by atoms with Crippen LogP contribution in [0.1, 0.15) is 25.3 Å². The molecule has 0 radical (unpaired) electrons. The quantitative estimate of drug-likeness (QED) is 0.748. The van der Waals surface area contributed by atoms with Crippen LogP contribution in [-0.4, -0.2) is 18.0 Å². The Morgan fingerprint density at radius 3 is 2.76 bits per heavy atom. The van der Waals surface area contributed by atoms with Crippen molar-refractivity contribution >= 4 is 15.9 Å². The second kappa shape index (κ2) is 5.44. The molecular weight excluding hydrogens is 288 g/mol. The summed E-state index contributed by atoms with van der Waals surface area (Å²) in [5.41, 5.74) is 0.430. The summed E-state index contributed by atoms with van der Waals surface area (Å²) in [4.78, 5) is 2.19. The maximum absolute atomic E-state index is 13.7. The summed E-state index contributed by atoms with van der Waals surface area (Å²) in [6.45, 7) is 4.60. The number of benzene rings is 1. The second-order valence-corrected chi connectivity index (χ2v) is 5.60. The number of rotatable bonds is 2. The van der Waals surface area contributed by atoms with Gasteiger partial charge in [-0.2, -0.15) is 0 Å². The van der Waals surface area contributed by atoms with Crippen LogP contribution < -0.4 is 0 Å². The van der Waals surface area contributed by atoms with E-state index in [9.17, 15) is 8.78 Å². The van der Waals surface area contributed by atoms with E-state index in [1.807, 2.05) is 0 Å². The fraction of sp³-hybridized carbons (Fsp3) is 0.538. The minimum atomic E-state index is -0.397. The average Bonchev–Trinajstić information content (AvgIpc) is 2.30. The Morgan fingerprint density at radius 1 is 1.35 bits per heavy atom. The third-order valence-corrected chi connectivity index (χ3v) is 4.12. The van der Waals surface area contributed by atoms with Crippen molar-refractivity contribution in [2.75, 3.05) is 13.1 Å². The van der Waals surface area contributed by atoms with Crippen LogP contribution >= 0.6 is 15.9 Å². The van der Waals surface area contributed by atoms with E-state index in [-0.39, 0.29) is 10.3 Å². The molecule has 1 heterocycles. The Hall–Kier alpha value is -0.480. The molecule has 1 unspecified atom stereocenters. The third-order valence-electron chi connectivity index (χ3n) is 3.26. The lowest BCUT2D eigenvalue weighted by Crippen LogP contribution is -2.34. The smallest absolute Gasteiger partial charge is 0.137 e. The van der Waals surface area contributed by atoms with Crippen molar-refractivity contribution in [3.05, 3.63) is 33.8 Å². The van der Waals surface area contributed by atoms with Crippen LogP contribution in [0, 0.1) is 17.6 Å². The summed E-state index contributed by atoms with van der Waals surface area (Å²) < 4.78 is 27.3. The first kappa shape index (κ1) is 13.0. The summed E-state index contributed by atoms with van der Waals surface area (Å²) in [5.74, 6) is -0.0953. The van der Waals surface area contributed by atoms with Gasteiger partial charge in [0.05, 0.1) is 4.47 Å². The van der Waals surface area contributed by atoms with Gasteiger partial charge in [-0.1, -0.05) is 6.92 Å². The first-order valence-corrected chi connectivity index (χ1v) is 6.72. The van der Waals surface area contributed by atoms with Gasteiger partial charge in [-0.05, 0) is 53.4 Å². The Morgan fingerprint density at radius 2 is 2.06 bits per heavy atom. The van der Waals surface area contributed by atoms with Gasteiger partial charge in [0.2, 0.25) is 0 Å². The van der Waals surface area contributed by atoms with Gasteiger partial charge >= 0.3 is 0 Å². The third kappa shape index (κ3) is 3.05. The zero-order valence-electron chi connectivity index (χ0n) is 9.85. The van der Waals surface area contributed by atoms with Crippen LogP contribution in [-0.2, 0) is 6.54 Å². The van der Waals surface area contributed by atoms with E-state index in [2.05, 4.69) is 27.8 Å². The molecule has 0 aliphatic carbocycles. The SMILES string of the molecule is CC1CCCN(Cc2c(F)ccc(F)c2Br)C1. The second-order valence-electron chi connectivity index (χ2n) is 4.80. The lowest BCUT2D eigenvalue weighted by Gasteiger charge is -2.31. The molecule has 0 spiro atoms. The number of hydrogen-bond donors (Lipinski definition) is 0. The Labute approximate surface area is 109 Å². The van der Waals surface area contributed by atoms with Crippen molar-refractivity contribution in [2.45, 2.75) is 26.3 Å². The van der Waals surface area contributed by atoms with E-state index in [1.165, 1.54) is 12.5 Å². The van der Waals surface area contributed by atoms with Crippen molar-refractivity contribution in [3.63, 3.8) is 0 Å². The summed E-state index contributed by atoms with van der Waals surface area (Å²) >= 11 is 3.13. The summed E-state index contributed by atoms with van der Waals surface area (Å²) in [6.07, 6.45) is 2.36. The lowest BCUT2D eigenvalue weighted by molar-refractivity contribution is 0.174. The predicted molar refractivity (Wildman–Crippen MR) is 67.7 cm³/mol. The number of piperidine rings is 1. The minimum Gasteiger partial charge on any atom is -0.299 e. The van der Waals surface area contributed by atoms with Gasteiger partial charge in [0.15, 0.2) is 0 Å². The van der Waals surface area contributed by atoms with Crippen molar-refractivity contribution in [1.29, 1.82) is 0 Å². The molecule has 94 valence electrons. The first-order chi connectivity index (χ1) is 8.08. The molecule has 1 atom stereocenters. The highest BCUT2D eigenvalue weighted by molar-refractivity contribution is 9.10. The Bertz CT molecular complexity index is 409. The molecule has 1 saturated heterocycles. The molecule has 0 N–H and O–H groups in total. The van der Waals surface area contributed by atoms with Crippen molar-refractivity contribution < 1.29 is 8.78 Å². The largest absolute Gasteiger partial charge is 0.299 e. The van der Waals surface area contributed by atoms with Crippen LogP contribution in [0.4, 0.5) is 8.78 Å². The van der Waals surface area contributed by atoms with Crippen molar-refractivity contribution in [1.82, 2.24) is 4.90 Å². The van der Waals surface area contributed by atoms with Gasteiger partial charge in [0.25, 0.3) is 0 Å². The molecule has 1 aliphatic heterocycles. The highest BCUT2D eigenvalue weighted by Gasteiger charge is 2.19. The number of likely N-dealkylation sites (tertiary alicyclic amines) is 1. The molecule has 0 amide bonds. The highest BCUT2D eigenvalue weighted by atomic mass is 79.9. The van der Waals surface area contributed by atoms with E-state index >= 15 is 0 Å². The zero-order chi connectivity index (χ0) is 12.4. The Kier molecular flexibility index (Phi) is 4.15. The minimum absolute atomic E-state index is 0.260. The van der Waals surface area contributed by atoms with Crippen LogP contribution in [0.15, 0.2) is 16.6 Å².